The molecular weight excluding hydrogens is 367 g/mol. The van der Waals surface area contributed by atoms with Gasteiger partial charge in [0, 0.05) is 12.4 Å². The molecular formula is C10H9IN4O2S. The lowest BCUT2D eigenvalue weighted by molar-refractivity contribution is -0.138. The van der Waals surface area contributed by atoms with E-state index in [4.69, 9.17) is 4.74 Å². The number of aromatic nitrogens is 2. The van der Waals surface area contributed by atoms with Gasteiger partial charge in [0.1, 0.15) is 11.3 Å². The first-order chi connectivity index (χ1) is 8.56. The van der Waals surface area contributed by atoms with Crippen molar-refractivity contribution in [3.8, 4) is 0 Å². The molecule has 8 heteroatoms. The molecule has 0 N–H and O–H groups in total. The molecule has 1 atom stereocenters. The molecule has 0 aliphatic carbocycles. The fraction of sp³-hybridized carbons (Fsp3) is 0.300. The van der Waals surface area contributed by atoms with Gasteiger partial charge in [-0.15, -0.1) is 17.7 Å². The van der Waals surface area contributed by atoms with Gasteiger partial charge in [0.15, 0.2) is 5.82 Å². The van der Waals surface area contributed by atoms with Crippen molar-refractivity contribution in [3.63, 3.8) is 0 Å². The Morgan fingerprint density at radius 1 is 1.50 bits per heavy atom. The van der Waals surface area contributed by atoms with Gasteiger partial charge in [-0.3, -0.25) is 0 Å². The summed E-state index contributed by atoms with van der Waals surface area (Å²) in [6.07, 6.45) is 3.14. The minimum atomic E-state index is -1.04. The lowest BCUT2D eigenvalue weighted by atomic mass is 10.2. The molecule has 0 bridgehead atoms. The fourth-order valence-electron chi connectivity index (χ4n) is 1.37. The van der Waals surface area contributed by atoms with Crippen molar-refractivity contribution in [1.82, 2.24) is 9.97 Å². The Morgan fingerprint density at radius 2 is 2.17 bits per heavy atom. The fourth-order valence-corrected chi connectivity index (χ4v) is 2.20. The molecule has 0 saturated heterocycles. The van der Waals surface area contributed by atoms with Gasteiger partial charge in [-0.25, -0.2) is 14.8 Å². The van der Waals surface area contributed by atoms with Crippen LogP contribution in [0.25, 0.3) is 5.70 Å². The van der Waals surface area contributed by atoms with Crippen LogP contribution in [0.3, 0.4) is 0 Å². The van der Waals surface area contributed by atoms with Crippen LogP contribution in [0, 0.1) is 0 Å². The van der Waals surface area contributed by atoms with Crippen molar-refractivity contribution in [2.45, 2.75) is 9.80 Å². The number of carbonyl (C=O) groups excluding carboxylic acids is 1. The van der Waals surface area contributed by atoms with Crippen LogP contribution >= 0.6 is 35.2 Å². The molecule has 1 aromatic rings. The van der Waals surface area contributed by atoms with Gasteiger partial charge in [0.2, 0.25) is 2.88 Å². The van der Waals surface area contributed by atoms with Crippen molar-refractivity contribution in [1.29, 1.82) is 0 Å². The Bertz CT molecular complexity index is 530. The molecule has 0 saturated carbocycles. The summed E-state index contributed by atoms with van der Waals surface area (Å²) in [5.74, 6) is -0.175. The lowest BCUT2D eigenvalue weighted by Gasteiger charge is -2.13. The van der Waals surface area contributed by atoms with E-state index < -0.39 is 8.85 Å². The standard InChI is InChI=1S/C10H9IN4O2S/c1-2-17-9(16)6-7(14-15-10(6,11)18)8-12-4-3-5-13-8/h3-5,18H,2H2,1H3. The molecule has 6 nitrogen and oxygen atoms in total. The highest BCUT2D eigenvalue weighted by Gasteiger charge is 2.41. The predicted octanol–water partition coefficient (Wildman–Crippen LogP) is 2.24. The van der Waals surface area contributed by atoms with Crippen molar-refractivity contribution >= 4 is 46.9 Å². The average molecular weight is 376 g/mol. The number of nitrogens with zero attached hydrogens (tertiary/aromatic N) is 4. The Labute approximate surface area is 123 Å². The van der Waals surface area contributed by atoms with Gasteiger partial charge in [-0.05, 0) is 35.6 Å². The third kappa shape index (κ3) is 2.53. The van der Waals surface area contributed by atoms with Crippen LogP contribution in [-0.2, 0) is 9.53 Å². The number of carbonyl (C=O) groups is 1. The van der Waals surface area contributed by atoms with Crippen molar-refractivity contribution in [2.24, 2.45) is 10.2 Å². The molecule has 0 amide bonds. The molecule has 94 valence electrons. The van der Waals surface area contributed by atoms with Crippen LogP contribution in [0.2, 0.25) is 0 Å². The van der Waals surface area contributed by atoms with Gasteiger partial charge in [-0.1, -0.05) is 0 Å². The van der Waals surface area contributed by atoms with E-state index in [2.05, 4.69) is 32.8 Å². The first kappa shape index (κ1) is 13.4. The van der Waals surface area contributed by atoms with Crippen LogP contribution in [0.5, 0.6) is 0 Å². The largest absolute Gasteiger partial charge is 0.462 e. The molecule has 1 aromatic heterocycles. The zero-order chi connectivity index (χ0) is 13.2. The van der Waals surface area contributed by atoms with Gasteiger partial charge < -0.3 is 4.74 Å². The Morgan fingerprint density at radius 3 is 2.78 bits per heavy atom. The topological polar surface area (TPSA) is 76.8 Å². The van der Waals surface area contributed by atoms with Crippen LogP contribution in [-0.4, -0.2) is 25.4 Å². The molecule has 0 fully saturated rings. The third-order valence-corrected chi connectivity index (χ3v) is 3.16. The highest BCUT2D eigenvalue weighted by molar-refractivity contribution is 14.1. The first-order valence-corrected chi connectivity index (χ1v) is 6.62. The smallest absolute Gasteiger partial charge is 0.340 e. The van der Waals surface area contributed by atoms with Crippen LogP contribution in [0.1, 0.15) is 12.7 Å². The maximum absolute atomic E-state index is 11.9. The Balaban J connectivity index is 2.50. The number of rotatable bonds is 3. The summed E-state index contributed by atoms with van der Waals surface area (Å²) in [4.78, 5) is 20.0. The van der Waals surface area contributed by atoms with E-state index >= 15 is 0 Å². The maximum Gasteiger partial charge on any atom is 0.340 e. The van der Waals surface area contributed by atoms with Crippen LogP contribution in [0.15, 0.2) is 34.3 Å². The molecule has 0 radical (unpaired) electrons. The van der Waals surface area contributed by atoms with E-state index in [1.807, 2.05) is 22.6 Å². The van der Waals surface area contributed by atoms with Gasteiger partial charge in [0.05, 0.1) is 6.61 Å². The number of esters is 1. The number of azo groups is 1. The third-order valence-electron chi connectivity index (χ3n) is 2.09. The molecule has 0 spiro atoms. The molecule has 0 aromatic carbocycles. The number of alkyl halides is 1. The van der Waals surface area contributed by atoms with Crippen LogP contribution in [0.4, 0.5) is 0 Å². The second-order valence-corrected chi connectivity index (χ2v) is 6.37. The molecule has 18 heavy (non-hydrogen) atoms. The molecule has 1 unspecified atom stereocenters. The van der Waals surface area contributed by atoms with E-state index in [0.29, 0.717) is 11.5 Å². The van der Waals surface area contributed by atoms with Gasteiger partial charge in [-0.2, -0.15) is 5.11 Å². The van der Waals surface area contributed by atoms with E-state index in [9.17, 15) is 4.79 Å². The summed E-state index contributed by atoms with van der Waals surface area (Å²) in [5, 5.41) is 7.87. The monoisotopic (exact) mass is 376 g/mol. The molecule has 2 heterocycles. The van der Waals surface area contributed by atoms with Crippen LogP contribution < -0.4 is 0 Å². The number of hydrogen-bond donors (Lipinski definition) is 1. The summed E-state index contributed by atoms with van der Waals surface area (Å²) >= 11 is 6.21. The maximum atomic E-state index is 11.9. The minimum absolute atomic E-state index is 0.250. The molecule has 1 aliphatic heterocycles. The summed E-state index contributed by atoms with van der Waals surface area (Å²) < 4.78 is 3.94. The quantitative estimate of drug-likeness (QED) is 0.289. The predicted molar refractivity (Wildman–Crippen MR) is 76.2 cm³/mol. The highest BCUT2D eigenvalue weighted by atomic mass is 127. The number of hydrogen-bond acceptors (Lipinski definition) is 7. The molecule has 1 aliphatic rings. The SMILES string of the molecule is CCOC(=O)C1=C(c2ncccn2)N=NC1(S)I. The zero-order valence-corrected chi connectivity index (χ0v) is 12.4. The van der Waals surface area contributed by atoms with E-state index in [0.717, 1.165) is 0 Å². The van der Waals surface area contributed by atoms with Crippen molar-refractivity contribution in [2.75, 3.05) is 6.61 Å². The van der Waals surface area contributed by atoms with Gasteiger partial charge >= 0.3 is 5.97 Å². The first-order valence-electron chi connectivity index (χ1n) is 5.09. The Hall–Kier alpha value is -1.03. The summed E-state index contributed by atoms with van der Waals surface area (Å²) in [7, 11) is 0. The number of halogens is 1. The number of ether oxygens (including phenoxy) is 1. The Kier molecular flexibility index (Phi) is 3.95. The average Bonchev–Trinajstić information content (AvgIpc) is 2.66. The normalized spacial score (nSPS) is 22.4. The van der Waals surface area contributed by atoms with Gasteiger partial charge in [0.25, 0.3) is 0 Å². The lowest BCUT2D eigenvalue weighted by Crippen LogP contribution is -2.21. The summed E-state index contributed by atoms with van der Waals surface area (Å²) in [5.41, 5.74) is 0.554. The second-order valence-electron chi connectivity index (χ2n) is 3.30. The van der Waals surface area contributed by atoms with E-state index in [1.165, 1.54) is 0 Å². The second kappa shape index (κ2) is 5.31. The summed E-state index contributed by atoms with van der Waals surface area (Å²) in [6.45, 7) is 2.00. The van der Waals surface area contributed by atoms with E-state index in [1.54, 1.807) is 25.4 Å². The van der Waals surface area contributed by atoms with Crippen molar-refractivity contribution in [3.05, 3.63) is 29.9 Å². The van der Waals surface area contributed by atoms with Crippen molar-refractivity contribution < 1.29 is 9.53 Å². The van der Waals surface area contributed by atoms with E-state index in [-0.39, 0.29) is 12.2 Å². The zero-order valence-electron chi connectivity index (χ0n) is 9.37. The highest BCUT2D eigenvalue weighted by Crippen LogP contribution is 2.44. The minimum Gasteiger partial charge on any atom is -0.462 e. The molecule has 2 rings (SSSR count). The number of thiol groups is 1. The summed E-state index contributed by atoms with van der Waals surface area (Å²) in [6, 6.07) is 1.68.